The van der Waals surface area contributed by atoms with Gasteiger partial charge in [0.2, 0.25) is 0 Å². The average Bonchev–Trinajstić information content (AvgIpc) is 2.81. The summed E-state index contributed by atoms with van der Waals surface area (Å²) in [6.45, 7) is 0.439. The van der Waals surface area contributed by atoms with Crippen molar-refractivity contribution >= 4 is 33.2 Å². The van der Waals surface area contributed by atoms with Crippen LogP contribution in [0.4, 0.5) is 0 Å². The van der Waals surface area contributed by atoms with E-state index in [2.05, 4.69) is 26.2 Å². The summed E-state index contributed by atoms with van der Waals surface area (Å²) in [6, 6.07) is 5.44. The van der Waals surface area contributed by atoms with Gasteiger partial charge in [0.05, 0.1) is 17.7 Å². The first-order chi connectivity index (χ1) is 8.70. The molecule has 2 aromatic rings. The van der Waals surface area contributed by atoms with Crippen molar-refractivity contribution < 1.29 is 4.79 Å². The van der Waals surface area contributed by atoms with Crippen molar-refractivity contribution in [2.75, 3.05) is 0 Å². The molecule has 0 fully saturated rings. The van der Waals surface area contributed by atoms with Crippen LogP contribution < -0.4 is 5.32 Å². The molecule has 1 N–H and O–H groups in total. The predicted molar refractivity (Wildman–Crippen MR) is 72.1 cm³/mol. The lowest BCUT2D eigenvalue weighted by Gasteiger charge is -2.04. The lowest BCUT2D eigenvalue weighted by molar-refractivity contribution is 0.0950. The molecule has 1 amide bonds. The maximum Gasteiger partial charge on any atom is 0.254 e. The van der Waals surface area contributed by atoms with Crippen LogP contribution in [0.25, 0.3) is 0 Å². The molecule has 0 bridgehead atoms. The largest absolute Gasteiger partial charge is 0.347 e. The molecule has 0 saturated heterocycles. The van der Waals surface area contributed by atoms with Crippen molar-refractivity contribution in [2.45, 2.75) is 6.54 Å². The molecule has 0 spiro atoms. The minimum absolute atomic E-state index is 0.288. The summed E-state index contributed by atoms with van der Waals surface area (Å²) in [7, 11) is 0. The number of thiophene rings is 1. The first kappa shape index (κ1) is 12.7. The smallest absolute Gasteiger partial charge is 0.254 e. The lowest BCUT2D eigenvalue weighted by Crippen LogP contribution is -2.23. The van der Waals surface area contributed by atoms with Crippen LogP contribution in [0.1, 0.15) is 20.8 Å². The highest BCUT2D eigenvalue weighted by atomic mass is 79.9. The van der Waals surface area contributed by atoms with Gasteiger partial charge < -0.3 is 5.32 Å². The molecular formula is C12H8BrN3OS. The minimum atomic E-state index is -0.288. The zero-order chi connectivity index (χ0) is 13.0. The molecule has 2 heterocycles. The molecule has 2 rings (SSSR count). The molecule has 18 heavy (non-hydrogen) atoms. The van der Waals surface area contributed by atoms with Crippen molar-refractivity contribution in [1.29, 1.82) is 5.26 Å². The second-order valence-electron chi connectivity index (χ2n) is 3.45. The topological polar surface area (TPSA) is 65.8 Å². The normalized spacial score (nSPS) is 9.78. The second kappa shape index (κ2) is 5.76. The van der Waals surface area contributed by atoms with Gasteiger partial charge in [0.1, 0.15) is 6.07 Å². The van der Waals surface area contributed by atoms with Gasteiger partial charge in [-0.1, -0.05) is 0 Å². The Morgan fingerprint density at radius 2 is 2.44 bits per heavy atom. The van der Waals surface area contributed by atoms with Crippen LogP contribution in [0.2, 0.25) is 0 Å². The van der Waals surface area contributed by atoms with Gasteiger partial charge in [-0.25, -0.2) is 0 Å². The Morgan fingerprint density at radius 1 is 1.61 bits per heavy atom. The summed E-state index contributed by atoms with van der Waals surface area (Å²) < 4.78 is 0.996. The van der Waals surface area contributed by atoms with Crippen LogP contribution in [-0.2, 0) is 6.54 Å². The Balaban J connectivity index is 2.06. The van der Waals surface area contributed by atoms with E-state index < -0.39 is 0 Å². The Hall–Kier alpha value is -1.71. The third-order valence-corrected chi connectivity index (χ3v) is 3.93. The number of nitrogens with zero attached hydrogens (tertiary/aromatic N) is 2. The Bertz CT molecular complexity index is 618. The molecule has 0 aliphatic heterocycles. The standard InChI is InChI=1S/C12H8BrN3OS/c13-9-3-10(18-7-9)5-16-12(17)11-6-15-2-1-8(11)4-14/h1-3,6-7H,5H2,(H,16,17). The number of pyridine rings is 1. The van der Waals surface area contributed by atoms with Gasteiger partial charge in [-0.05, 0) is 28.1 Å². The number of carbonyl (C=O) groups is 1. The van der Waals surface area contributed by atoms with E-state index in [-0.39, 0.29) is 5.91 Å². The summed E-state index contributed by atoms with van der Waals surface area (Å²) in [5.41, 5.74) is 0.630. The highest BCUT2D eigenvalue weighted by Gasteiger charge is 2.11. The lowest BCUT2D eigenvalue weighted by atomic mass is 10.1. The highest BCUT2D eigenvalue weighted by molar-refractivity contribution is 9.10. The van der Waals surface area contributed by atoms with E-state index in [0.717, 1.165) is 9.35 Å². The van der Waals surface area contributed by atoms with Gasteiger partial charge in [0.15, 0.2) is 0 Å². The van der Waals surface area contributed by atoms with E-state index >= 15 is 0 Å². The minimum Gasteiger partial charge on any atom is -0.347 e. The SMILES string of the molecule is N#Cc1ccncc1C(=O)NCc1cc(Br)cs1. The number of aromatic nitrogens is 1. The number of halogens is 1. The zero-order valence-electron chi connectivity index (χ0n) is 9.18. The number of amides is 1. The molecule has 0 saturated carbocycles. The number of carbonyl (C=O) groups excluding carboxylic acids is 1. The van der Waals surface area contributed by atoms with Crippen molar-refractivity contribution in [3.05, 3.63) is 50.4 Å². The molecule has 2 aromatic heterocycles. The predicted octanol–water partition coefficient (Wildman–Crippen LogP) is 2.71. The van der Waals surface area contributed by atoms with E-state index in [1.807, 2.05) is 17.5 Å². The van der Waals surface area contributed by atoms with Gasteiger partial charge >= 0.3 is 0 Å². The van der Waals surface area contributed by atoms with Crippen molar-refractivity contribution in [1.82, 2.24) is 10.3 Å². The van der Waals surface area contributed by atoms with Gasteiger partial charge in [-0.15, -0.1) is 11.3 Å². The first-order valence-electron chi connectivity index (χ1n) is 5.06. The van der Waals surface area contributed by atoms with E-state index in [4.69, 9.17) is 5.26 Å². The molecule has 0 atom stereocenters. The summed E-state index contributed by atoms with van der Waals surface area (Å²) in [5, 5.41) is 13.6. The van der Waals surface area contributed by atoms with Crippen LogP contribution in [0, 0.1) is 11.3 Å². The number of hydrogen-bond acceptors (Lipinski definition) is 4. The van der Waals surface area contributed by atoms with E-state index in [9.17, 15) is 4.79 Å². The van der Waals surface area contributed by atoms with Crippen LogP contribution >= 0.6 is 27.3 Å². The third-order valence-electron chi connectivity index (χ3n) is 2.23. The summed E-state index contributed by atoms with van der Waals surface area (Å²) in [5.74, 6) is -0.288. The van der Waals surface area contributed by atoms with Crippen LogP contribution in [0.15, 0.2) is 34.4 Å². The van der Waals surface area contributed by atoms with Gasteiger partial charge in [0, 0.05) is 27.1 Å². The van der Waals surface area contributed by atoms with Crippen LogP contribution in [0.5, 0.6) is 0 Å². The molecule has 0 radical (unpaired) electrons. The monoisotopic (exact) mass is 321 g/mol. The Morgan fingerprint density at radius 3 is 3.11 bits per heavy atom. The zero-order valence-corrected chi connectivity index (χ0v) is 11.6. The van der Waals surface area contributed by atoms with E-state index in [1.165, 1.54) is 18.5 Å². The molecule has 90 valence electrons. The fourth-order valence-corrected chi connectivity index (χ4v) is 2.77. The van der Waals surface area contributed by atoms with Crippen LogP contribution in [-0.4, -0.2) is 10.9 Å². The summed E-state index contributed by atoms with van der Waals surface area (Å²) in [6.07, 6.45) is 2.89. The maximum absolute atomic E-state index is 11.9. The van der Waals surface area contributed by atoms with Gasteiger partial charge in [-0.3, -0.25) is 9.78 Å². The van der Waals surface area contributed by atoms with Crippen molar-refractivity contribution in [3.63, 3.8) is 0 Å². The number of hydrogen-bond donors (Lipinski definition) is 1. The van der Waals surface area contributed by atoms with Gasteiger partial charge in [-0.2, -0.15) is 5.26 Å². The first-order valence-corrected chi connectivity index (χ1v) is 6.73. The quantitative estimate of drug-likeness (QED) is 0.945. The number of nitriles is 1. The number of nitrogens with one attached hydrogen (secondary N) is 1. The summed E-state index contributed by atoms with van der Waals surface area (Å²) >= 11 is 4.91. The van der Waals surface area contributed by atoms with Crippen molar-refractivity contribution in [3.8, 4) is 6.07 Å². The molecule has 0 aliphatic rings. The number of rotatable bonds is 3. The Labute approximate surface area is 116 Å². The Kier molecular flexibility index (Phi) is 4.07. The van der Waals surface area contributed by atoms with Crippen molar-refractivity contribution in [2.24, 2.45) is 0 Å². The summed E-state index contributed by atoms with van der Waals surface area (Å²) in [4.78, 5) is 16.8. The van der Waals surface area contributed by atoms with E-state index in [1.54, 1.807) is 11.3 Å². The average molecular weight is 322 g/mol. The molecule has 0 unspecified atom stereocenters. The molecular weight excluding hydrogens is 314 g/mol. The van der Waals surface area contributed by atoms with E-state index in [0.29, 0.717) is 17.7 Å². The fourth-order valence-electron chi connectivity index (χ4n) is 1.38. The second-order valence-corrected chi connectivity index (χ2v) is 5.36. The third kappa shape index (κ3) is 2.94. The van der Waals surface area contributed by atoms with Crippen LogP contribution in [0.3, 0.4) is 0 Å². The maximum atomic E-state index is 11.9. The fraction of sp³-hybridized carbons (Fsp3) is 0.0833. The molecule has 4 nitrogen and oxygen atoms in total. The molecule has 0 aromatic carbocycles. The molecule has 0 aliphatic carbocycles. The van der Waals surface area contributed by atoms with Gasteiger partial charge in [0.25, 0.3) is 5.91 Å². The molecule has 6 heteroatoms. The highest BCUT2D eigenvalue weighted by Crippen LogP contribution is 2.19.